The highest BCUT2D eigenvalue weighted by atomic mass is 35.6. The van der Waals surface area contributed by atoms with Gasteiger partial charge in [-0.3, -0.25) is 0 Å². The Balaban J connectivity index is 2.13. The molecule has 0 N–H and O–H groups in total. The molecule has 0 bridgehead atoms. The highest BCUT2D eigenvalue weighted by molar-refractivity contribution is 7.53. The summed E-state index contributed by atoms with van der Waals surface area (Å²) in [5, 5.41) is -0.756. The predicted octanol–water partition coefficient (Wildman–Crippen LogP) is 4.88. The molecule has 1 saturated heterocycles. The highest BCUT2D eigenvalue weighted by Crippen LogP contribution is 2.57. The van der Waals surface area contributed by atoms with Crippen molar-refractivity contribution in [1.29, 1.82) is 0 Å². The van der Waals surface area contributed by atoms with E-state index >= 15 is 0 Å². The minimum Gasteiger partial charge on any atom is -0.369 e. The van der Waals surface area contributed by atoms with Gasteiger partial charge in [0.15, 0.2) is 4.33 Å². The van der Waals surface area contributed by atoms with Gasteiger partial charge in [-0.05, 0) is 18.4 Å². The Bertz CT molecular complexity index is 576. The van der Waals surface area contributed by atoms with Gasteiger partial charge in [0.2, 0.25) is 4.52 Å². The summed E-state index contributed by atoms with van der Waals surface area (Å²) in [5.74, 6) is 0. The van der Waals surface area contributed by atoms with Crippen molar-refractivity contribution in [3.05, 3.63) is 0 Å². The monoisotopic (exact) mass is 468 g/mol. The molecule has 0 aromatic heterocycles. The molecule has 2 unspecified atom stereocenters. The molecule has 2 atom stereocenters. The number of hydrogen-bond donors (Lipinski definition) is 0. The third-order valence-corrected chi connectivity index (χ3v) is 21.8. The van der Waals surface area contributed by atoms with Gasteiger partial charge in [-0.2, -0.15) is 0 Å². The number of halogens is 6. The minimum absolute atomic E-state index is 0.188. The van der Waals surface area contributed by atoms with Crippen molar-refractivity contribution in [2.45, 2.75) is 51.5 Å². The third kappa shape index (κ3) is 3.23. The summed E-state index contributed by atoms with van der Waals surface area (Å²) < 4.78 is 2.53. The number of alkyl halides is 5. The molecule has 3 nitrogen and oxygen atoms in total. The average molecular weight is 471 g/mol. The molecule has 2 aliphatic heterocycles. The van der Waals surface area contributed by atoms with Crippen LogP contribution < -0.4 is 0 Å². The van der Waals surface area contributed by atoms with Gasteiger partial charge in [0.05, 0.1) is 5.00 Å². The highest BCUT2D eigenvalue weighted by Gasteiger charge is 2.69. The van der Waals surface area contributed by atoms with Crippen molar-refractivity contribution in [3.8, 4) is 0 Å². The predicted molar refractivity (Wildman–Crippen MR) is 106 cm³/mol. The summed E-state index contributed by atoms with van der Waals surface area (Å²) in [6.45, 7) is 0. The van der Waals surface area contributed by atoms with Crippen LogP contribution in [0.3, 0.4) is 0 Å². The van der Waals surface area contributed by atoms with E-state index in [0.717, 1.165) is 25.7 Å². The first-order valence-electron chi connectivity index (χ1n) is 7.30. The minimum atomic E-state index is -2.97. The lowest BCUT2D eigenvalue weighted by molar-refractivity contribution is 0.209. The van der Waals surface area contributed by atoms with E-state index in [2.05, 4.69) is 9.98 Å². The van der Waals surface area contributed by atoms with Gasteiger partial charge in [-0.15, -0.1) is 22.7 Å². The molecule has 3 aliphatic rings. The summed E-state index contributed by atoms with van der Waals surface area (Å²) in [6, 6.07) is 0. The van der Waals surface area contributed by atoms with Gasteiger partial charge in [-0.25, -0.2) is 9.98 Å². The normalized spacial score (nSPS) is 36.7. The maximum atomic E-state index is 7.13. The van der Waals surface area contributed by atoms with E-state index in [0.29, 0.717) is 5.42 Å². The second-order valence-corrected chi connectivity index (χ2v) is 20.0. The molecule has 0 amide bonds. The third-order valence-electron chi connectivity index (χ3n) is 4.44. The average Bonchev–Trinajstić information content (AvgIpc) is 3.00. The molecule has 23 heavy (non-hydrogen) atoms. The Hall–Kier alpha value is 1.34. The lowest BCUT2D eigenvalue weighted by Crippen LogP contribution is -2.70. The van der Waals surface area contributed by atoms with Crippen LogP contribution in [0.15, 0.2) is 9.98 Å². The molecule has 3 rings (SSSR count). The number of rotatable bonds is 1. The van der Waals surface area contributed by atoms with Crippen molar-refractivity contribution >= 4 is 102 Å². The van der Waals surface area contributed by atoms with Crippen molar-refractivity contribution < 1.29 is 4.43 Å². The van der Waals surface area contributed by atoms with Crippen molar-refractivity contribution in [2.75, 3.05) is 0 Å². The van der Waals surface area contributed by atoms with E-state index in [4.69, 9.17) is 73.5 Å². The van der Waals surface area contributed by atoms with Crippen LogP contribution in [0.4, 0.5) is 0 Å². The van der Waals surface area contributed by atoms with Crippen LogP contribution >= 0.6 is 69.1 Å². The van der Waals surface area contributed by atoms with Crippen LogP contribution in [-0.4, -0.2) is 46.8 Å². The first-order chi connectivity index (χ1) is 10.7. The summed E-state index contributed by atoms with van der Waals surface area (Å²) >= 11 is 39.1. The van der Waals surface area contributed by atoms with Gasteiger partial charge in [0, 0.05) is 12.4 Å². The van der Waals surface area contributed by atoms with E-state index in [1.807, 2.05) is 0 Å². The Labute approximate surface area is 167 Å². The van der Waals surface area contributed by atoms with Gasteiger partial charge in [0.1, 0.15) is 13.3 Å². The van der Waals surface area contributed by atoms with E-state index in [1.54, 1.807) is 12.4 Å². The Morgan fingerprint density at radius 2 is 1.65 bits per heavy atom. The van der Waals surface area contributed by atoms with Gasteiger partial charge in [0.25, 0.3) is 0 Å². The number of aliphatic imine (C=N–C) groups is 2. The molecule has 0 spiro atoms. The van der Waals surface area contributed by atoms with Gasteiger partial charge in [-0.1, -0.05) is 65.7 Å². The summed E-state index contributed by atoms with van der Waals surface area (Å²) in [6.07, 6.45) is 8.55. The van der Waals surface area contributed by atoms with E-state index in [1.165, 1.54) is 6.42 Å². The zero-order valence-corrected chi connectivity index (χ0v) is 18.5. The number of nitrogens with zero attached hydrogens (tertiary/aromatic N) is 2. The molecule has 2 fully saturated rings. The summed E-state index contributed by atoms with van der Waals surface area (Å²) in [7, 11) is -4.75. The molecular weight excluding hydrogens is 457 g/mol. The molecule has 11 heteroatoms. The smallest absolute Gasteiger partial charge is 0.303 e. The quantitative estimate of drug-likeness (QED) is 0.305. The van der Waals surface area contributed by atoms with Crippen LogP contribution in [0, 0.1) is 0 Å². The van der Waals surface area contributed by atoms with Gasteiger partial charge >= 0.3 is 7.14 Å². The Morgan fingerprint density at radius 1 is 1.09 bits per heavy atom. The molecule has 1 aliphatic carbocycles. The molecule has 1 saturated carbocycles. The van der Waals surface area contributed by atoms with Crippen molar-refractivity contribution in [1.82, 2.24) is 0 Å². The van der Waals surface area contributed by atoms with Crippen LogP contribution in [0.1, 0.15) is 32.1 Å². The molecular formula is C12H14Cl6N2OSi2. The van der Waals surface area contributed by atoms with Crippen molar-refractivity contribution in [2.24, 2.45) is 9.98 Å². The molecule has 0 aromatic carbocycles. The molecule has 2 heterocycles. The van der Waals surface area contributed by atoms with E-state index in [-0.39, 0.29) is 5.54 Å². The van der Waals surface area contributed by atoms with Crippen molar-refractivity contribution in [3.63, 3.8) is 0 Å². The Morgan fingerprint density at radius 3 is 2.22 bits per heavy atom. The fourth-order valence-electron chi connectivity index (χ4n) is 3.23. The van der Waals surface area contributed by atoms with Crippen LogP contribution in [0.2, 0.25) is 5.54 Å². The maximum absolute atomic E-state index is 7.13. The first-order valence-corrected chi connectivity index (χ1v) is 14.8. The summed E-state index contributed by atoms with van der Waals surface area (Å²) in [5.41, 5.74) is 0.782. The van der Waals surface area contributed by atoms with Crippen LogP contribution in [-0.2, 0) is 4.43 Å². The zero-order chi connectivity index (χ0) is 16.9. The lowest BCUT2D eigenvalue weighted by atomic mass is 10.0. The molecule has 0 aromatic rings. The van der Waals surface area contributed by atoms with E-state index in [9.17, 15) is 0 Å². The van der Waals surface area contributed by atoms with E-state index < -0.39 is 28.9 Å². The maximum Gasteiger partial charge on any atom is 0.303 e. The SMILES string of the molecule is ClC1[Si](=C2N=CC=N2)[Si](Cl)(C2CCCCC2)OC(Cl)(Cl)C1(Cl)Cl. The standard InChI is InChI=1S/C12H14Cl6N2OSi2/c13-9-11(14,15)12(16,17)21-23(18,8-4-2-1-3-5-8)22(9)10-19-6-7-20-10/h6-9H,1-5H2. The number of hydrogen-bond acceptors (Lipinski definition) is 3. The Kier molecular flexibility index (Phi) is 5.67. The summed E-state index contributed by atoms with van der Waals surface area (Å²) in [4.78, 5) is 8.62. The topological polar surface area (TPSA) is 34.0 Å². The molecule has 0 radical (unpaired) electrons. The van der Waals surface area contributed by atoms with Crippen LogP contribution in [0.5, 0.6) is 0 Å². The first kappa shape index (κ1) is 19.1. The largest absolute Gasteiger partial charge is 0.369 e. The second kappa shape index (κ2) is 6.82. The fourth-order valence-corrected chi connectivity index (χ4v) is 21.9. The van der Waals surface area contributed by atoms with Crippen LogP contribution in [0.25, 0.3) is 0 Å². The fraction of sp³-hybridized carbons (Fsp3) is 0.750. The molecule has 128 valence electrons. The van der Waals surface area contributed by atoms with Gasteiger partial charge < -0.3 is 4.43 Å². The zero-order valence-electron chi connectivity index (χ0n) is 11.9. The second-order valence-electron chi connectivity index (χ2n) is 5.88. The lowest BCUT2D eigenvalue weighted by Gasteiger charge is -2.50.